The summed E-state index contributed by atoms with van der Waals surface area (Å²) in [6.07, 6.45) is 0.928. The van der Waals surface area contributed by atoms with Crippen LogP contribution in [0.2, 0.25) is 0 Å². The summed E-state index contributed by atoms with van der Waals surface area (Å²) >= 11 is 0. The first-order chi connectivity index (χ1) is 9.26. The lowest BCUT2D eigenvalue weighted by atomic mass is 10.2. The number of nitrogens with one attached hydrogen (secondary N) is 2. The molecule has 0 atom stereocenters. The zero-order valence-corrected chi connectivity index (χ0v) is 11.3. The van der Waals surface area contributed by atoms with E-state index >= 15 is 0 Å². The summed E-state index contributed by atoms with van der Waals surface area (Å²) in [5, 5.41) is 12.9. The largest absolute Gasteiger partial charge is 0.383 e. The summed E-state index contributed by atoms with van der Waals surface area (Å²) in [5.74, 6) is -1.23. The summed E-state index contributed by atoms with van der Waals surface area (Å²) in [5.41, 5.74) is 4.89. The molecule has 0 aliphatic carbocycles. The van der Waals surface area contributed by atoms with E-state index < -0.39 is 20.9 Å². The molecule has 10 nitrogen and oxygen atoms in total. The molecule has 20 heavy (non-hydrogen) atoms. The highest BCUT2D eigenvalue weighted by atomic mass is 32.2. The van der Waals surface area contributed by atoms with E-state index in [0.29, 0.717) is 0 Å². The van der Waals surface area contributed by atoms with Crippen LogP contribution in [0.4, 0.5) is 11.5 Å². The molecule has 0 saturated heterocycles. The number of rotatable bonds is 6. The van der Waals surface area contributed by atoms with Crippen LogP contribution < -0.4 is 15.8 Å². The Morgan fingerprint density at radius 3 is 2.75 bits per heavy atom. The molecule has 0 aromatic carbocycles. The van der Waals surface area contributed by atoms with Crippen molar-refractivity contribution in [2.45, 2.75) is 0 Å². The van der Waals surface area contributed by atoms with Crippen LogP contribution in [0.15, 0.2) is 12.3 Å². The predicted molar refractivity (Wildman–Crippen MR) is 70.5 cm³/mol. The number of aromatic nitrogens is 1. The lowest BCUT2D eigenvalue weighted by Crippen LogP contribution is -2.33. The number of nitrogen functional groups attached to an aromatic ring is 1. The summed E-state index contributed by atoms with van der Waals surface area (Å²) in [7, 11) is -2.20. The van der Waals surface area contributed by atoms with Crippen LogP contribution in [0.3, 0.4) is 0 Å². The molecule has 0 bridgehead atoms. The molecule has 1 rings (SSSR count). The van der Waals surface area contributed by atoms with Crippen molar-refractivity contribution in [2.24, 2.45) is 0 Å². The molecule has 4 N–H and O–H groups in total. The van der Waals surface area contributed by atoms with Crippen molar-refractivity contribution in [1.29, 1.82) is 0 Å². The average Bonchev–Trinajstić information content (AvgIpc) is 2.38. The average molecular weight is 303 g/mol. The number of nitro groups is 1. The summed E-state index contributed by atoms with van der Waals surface area (Å²) in [6, 6.07) is 0.976. The minimum atomic E-state index is -3.45. The lowest BCUT2D eigenvalue weighted by molar-refractivity contribution is -0.385. The Morgan fingerprint density at radius 2 is 2.20 bits per heavy atom. The van der Waals surface area contributed by atoms with Gasteiger partial charge in [0.2, 0.25) is 10.0 Å². The van der Waals surface area contributed by atoms with Crippen LogP contribution in [0.5, 0.6) is 0 Å². The van der Waals surface area contributed by atoms with Crippen LogP contribution >= 0.6 is 0 Å². The fourth-order valence-electron chi connectivity index (χ4n) is 1.24. The van der Waals surface area contributed by atoms with E-state index in [4.69, 9.17) is 5.73 Å². The van der Waals surface area contributed by atoms with Gasteiger partial charge in [0.1, 0.15) is 12.0 Å². The quantitative estimate of drug-likeness (QED) is 0.442. The van der Waals surface area contributed by atoms with Gasteiger partial charge in [-0.2, -0.15) is 0 Å². The van der Waals surface area contributed by atoms with Crippen LogP contribution in [0, 0.1) is 10.1 Å². The Bertz CT molecular complexity index is 630. The van der Waals surface area contributed by atoms with E-state index in [1.165, 1.54) is 7.05 Å². The third-order valence-electron chi connectivity index (χ3n) is 2.33. The molecule has 1 amide bonds. The van der Waals surface area contributed by atoms with Crippen molar-refractivity contribution in [2.75, 3.05) is 25.1 Å². The van der Waals surface area contributed by atoms with E-state index in [2.05, 4.69) is 15.0 Å². The van der Waals surface area contributed by atoms with Crippen LogP contribution in [0.1, 0.15) is 10.4 Å². The SMILES string of the molecule is CNS(=O)(=O)CCNC(=O)c1cc([N+](=O)[O-])cnc1N. The molecule has 0 saturated carbocycles. The van der Waals surface area contributed by atoms with Gasteiger partial charge < -0.3 is 11.1 Å². The van der Waals surface area contributed by atoms with Crippen molar-refractivity contribution in [1.82, 2.24) is 15.0 Å². The number of carbonyl (C=O) groups is 1. The van der Waals surface area contributed by atoms with E-state index in [1.54, 1.807) is 0 Å². The number of anilines is 1. The van der Waals surface area contributed by atoms with Gasteiger partial charge in [0.15, 0.2) is 0 Å². The fraction of sp³-hybridized carbons (Fsp3) is 0.333. The molecule has 0 radical (unpaired) electrons. The van der Waals surface area contributed by atoms with Gasteiger partial charge >= 0.3 is 0 Å². The number of pyridine rings is 1. The lowest BCUT2D eigenvalue weighted by Gasteiger charge is -2.07. The minimum Gasteiger partial charge on any atom is -0.383 e. The number of amides is 1. The highest BCUT2D eigenvalue weighted by Crippen LogP contribution is 2.16. The second-order valence-corrected chi connectivity index (χ2v) is 5.71. The van der Waals surface area contributed by atoms with E-state index in [9.17, 15) is 23.3 Å². The number of hydrogen-bond donors (Lipinski definition) is 3. The maximum Gasteiger partial charge on any atom is 0.288 e. The van der Waals surface area contributed by atoms with Crippen molar-refractivity contribution < 1.29 is 18.1 Å². The molecule has 1 aromatic heterocycles. The number of nitrogens with two attached hydrogens (primary N) is 1. The molecule has 0 aliphatic rings. The molecule has 11 heteroatoms. The van der Waals surface area contributed by atoms with Gasteiger partial charge in [-0.1, -0.05) is 0 Å². The van der Waals surface area contributed by atoms with Gasteiger partial charge in [-0.15, -0.1) is 0 Å². The van der Waals surface area contributed by atoms with Gasteiger partial charge in [-0.05, 0) is 7.05 Å². The van der Waals surface area contributed by atoms with Crippen LogP contribution in [-0.4, -0.2) is 43.6 Å². The Labute approximate surface area is 114 Å². The highest BCUT2D eigenvalue weighted by molar-refractivity contribution is 7.89. The maximum atomic E-state index is 11.7. The zero-order chi connectivity index (χ0) is 15.3. The van der Waals surface area contributed by atoms with Gasteiger partial charge in [-0.3, -0.25) is 14.9 Å². The monoisotopic (exact) mass is 303 g/mol. The molecule has 0 aliphatic heterocycles. The minimum absolute atomic E-state index is 0.163. The molecule has 0 fully saturated rings. The molecule has 0 spiro atoms. The summed E-state index contributed by atoms with van der Waals surface area (Å²) < 4.78 is 24.4. The van der Waals surface area contributed by atoms with Crippen LogP contribution in [-0.2, 0) is 10.0 Å². The van der Waals surface area contributed by atoms with Crippen molar-refractivity contribution >= 4 is 27.4 Å². The summed E-state index contributed by atoms with van der Waals surface area (Å²) in [6.45, 7) is -0.163. The maximum absolute atomic E-state index is 11.7. The first-order valence-electron chi connectivity index (χ1n) is 5.36. The van der Waals surface area contributed by atoms with E-state index in [1.807, 2.05) is 0 Å². The van der Waals surface area contributed by atoms with Gasteiger partial charge in [0.25, 0.3) is 11.6 Å². The number of carbonyl (C=O) groups excluding carboxylic acids is 1. The first-order valence-corrected chi connectivity index (χ1v) is 7.01. The second-order valence-electron chi connectivity index (χ2n) is 3.66. The number of hydrogen-bond acceptors (Lipinski definition) is 7. The molecular weight excluding hydrogens is 290 g/mol. The van der Waals surface area contributed by atoms with Gasteiger partial charge in [-0.25, -0.2) is 18.1 Å². The molecular formula is C9H13N5O5S. The Hall–Kier alpha value is -2.27. The Kier molecular flexibility index (Phi) is 4.94. The van der Waals surface area contributed by atoms with Gasteiger partial charge in [0.05, 0.1) is 16.2 Å². The van der Waals surface area contributed by atoms with E-state index in [-0.39, 0.29) is 29.4 Å². The predicted octanol–water partition coefficient (Wildman–Crippen LogP) is -1.15. The number of nitrogens with zero attached hydrogens (tertiary/aromatic N) is 2. The third-order valence-corrected chi connectivity index (χ3v) is 3.69. The third kappa shape index (κ3) is 4.13. The standard InChI is InChI=1S/C9H13N5O5S/c1-11-20(18,19)3-2-12-9(15)7-4-6(14(16)17)5-13-8(7)10/h4-5,11H,2-3H2,1H3,(H2,10,13)(H,12,15). The zero-order valence-electron chi connectivity index (χ0n) is 10.5. The first kappa shape index (κ1) is 15.8. The highest BCUT2D eigenvalue weighted by Gasteiger charge is 2.17. The molecule has 110 valence electrons. The van der Waals surface area contributed by atoms with Crippen molar-refractivity contribution in [3.05, 3.63) is 27.9 Å². The number of sulfonamides is 1. The molecule has 0 unspecified atom stereocenters. The normalized spacial score (nSPS) is 11.1. The smallest absolute Gasteiger partial charge is 0.288 e. The fourth-order valence-corrected chi connectivity index (χ4v) is 1.82. The topological polar surface area (TPSA) is 157 Å². The van der Waals surface area contributed by atoms with E-state index in [0.717, 1.165) is 12.3 Å². The summed E-state index contributed by atoms with van der Waals surface area (Å²) in [4.78, 5) is 25.1. The molecule has 1 aromatic rings. The van der Waals surface area contributed by atoms with Crippen LogP contribution in [0.25, 0.3) is 0 Å². The van der Waals surface area contributed by atoms with Crippen molar-refractivity contribution in [3.63, 3.8) is 0 Å². The molecule has 1 heterocycles. The second kappa shape index (κ2) is 6.25. The Balaban J connectivity index is 2.78. The Morgan fingerprint density at radius 1 is 1.55 bits per heavy atom. The van der Waals surface area contributed by atoms with Gasteiger partial charge in [0, 0.05) is 12.6 Å². The van der Waals surface area contributed by atoms with Crippen molar-refractivity contribution in [3.8, 4) is 0 Å².